The first-order valence-corrected chi connectivity index (χ1v) is 9.67. The average molecular weight is 292 g/mol. The summed E-state index contributed by atoms with van der Waals surface area (Å²) < 4.78 is 0. The Balaban J connectivity index is 2.10. The summed E-state index contributed by atoms with van der Waals surface area (Å²) in [4.78, 5) is 0. The van der Waals surface area contributed by atoms with Gasteiger partial charge in [0.2, 0.25) is 0 Å². The molecule has 0 radical (unpaired) electrons. The summed E-state index contributed by atoms with van der Waals surface area (Å²) in [5, 5.41) is 9.61. The van der Waals surface area contributed by atoms with E-state index in [2.05, 4.69) is 19.9 Å². The first kappa shape index (κ1) is 18.5. The molecule has 0 aliphatic heterocycles. The fourth-order valence-corrected chi connectivity index (χ4v) is 3.94. The van der Waals surface area contributed by atoms with E-state index in [0.717, 1.165) is 12.3 Å². The first-order valence-electron chi connectivity index (χ1n) is 9.67. The van der Waals surface area contributed by atoms with Crippen molar-refractivity contribution in [3.05, 3.63) is 0 Å². The van der Waals surface area contributed by atoms with Gasteiger partial charge in [-0.15, -0.1) is 0 Å². The van der Waals surface area contributed by atoms with Crippen LogP contribution in [0.4, 0.5) is 0 Å². The predicted octanol–water partition coefficient (Wildman–Crippen LogP) is 7.02. The van der Waals surface area contributed by atoms with Crippen LogP contribution in [0.2, 0.25) is 0 Å². The molecule has 0 aromatic rings. The van der Waals surface area contributed by atoms with Gasteiger partial charge >= 0.3 is 0 Å². The van der Waals surface area contributed by atoms with Crippen molar-refractivity contribution in [1.82, 2.24) is 0 Å². The topological polar surface area (TPSA) is 23.8 Å². The first-order chi connectivity index (χ1) is 10.3. The highest BCUT2D eigenvalue weighted by molar-refractivity contribution is 5.01. The normalized spacial score (nSPS) is 25.7. The van der Waals surface area contributed by atoms with Crippen LogP contribution in [-0.4, -0.2) is 0 Å². The Morgan fingerprint density at radius 2 is 1.43 bits per heavy atom. The van der Waals surface area contributed by atoms with Crippen molar-refractivity contribution in [3.8, 4) is 6.07 Å². The Labute approximate surface area is 133 Å². The van der Waals surface area contributed by atoms with E-state index in [4.69, 9.17) is 0 Å². The minimum Gasteiger partial charge on any atom is -0.198 e. The zero-order valence-corrected chi connectivity index (χ0v) is 14.6. The van der Waals surface area contributed by atoms with E-state index in [1.54, 1.807) is 0 Å². The van der Waals surface area contributed by atoms with E-state index in [-0.39, 0.29) is 5.41 Å². The summed E-state index contributed by atoms with van der Waals surface area (Å²) >= 11 is 0. The van der Waals surface area contributed by atoms with Crippen LogP contribution in [0.5, 0.6) is 0 Å². The van der Waals surface area contributed by atoms with Gasteiger partial charge in [0.1, 0.15) is 0 Å². The van der Waals surface area contributed by atoms with Gasteiger partial charge in [-0.25, -0.2) is 0 Å². The fourth-order valence-electron chi connectivity index (χ4n) is 3.94. The minimum absolute atomic E-state index is 0.0481. The Hall–Kier alpha value is -0.510. The van der Waals surface area contributed by atoms with E-state index in [9.17, 15) is 5.26 Å². The van der Waals surface area contributed by atoms with Crippen LogP contribution in [0.1, 0.15) is 110 Å². The third kappa shape index (κ3) is 7.35. The highest BCUT2D eigenvalue weighted by Crippen LogP contribution is 2.43. The van der Waals surface area contributed by atoms with Crippen LogP contribution in [0.25, 0.3) is 0 Å². The molecule has 1 saturated carbocycles. The van der Waals surface area contributed by atoms with E-state index in [1.807, 2.05) is 0 Å². The van der Waals surface area contributed by atoms with E-state index < -0.39 is 0 Å². The summed E-state index contributed by atoms with van der Waals surface area (Å²) in [7, 11) is 0. The molecule has 21 heavy (non-hydrogen) atoms. The molecule has 1 nitrogen and oxygen atoms in total. The number of nitriles is 1. The Bertz CT molecular complexity index is 281. The van der Waals surface area contributed by atoms with Gasteiger partial charge in [0.15, 0.2) is 0 Å². The number of hydrogen-bond donors (Lipinski definition) is 0. The molecule has 0 unspecified atom stereocenters. The molecule has 0 aromatic carbocycles. The molecule has 1 aliphatic carbocycles. The molecule has 1 aliphatic rings. The molecule has 0 heterocycles. The van der Waals surface area contributed by atoms with Gasteiger partial charge in [0, 0.05) is 0 Å². The summed E-state index contributed by atoms with van der Waals surface area (Å²) in [6, 6.07) is 2.70. The van der Waals surface area contributed by atoms with Gasteiger partial charge in [0.25, 0.3) is 0 Å². The molecule has 1 heteroatoms. The van der Waals surface area contributed by atoms with Crippen molar-refractivity contribution < 1.29 is 0 Å². The van der Waals surface area contributed by atoms with Gasteiger partial charge in [0.05, 0.1) is 11.5 Å². The highest BCUT2D eigenvalue weighted by atomic mass is 14.4. The quantitative estimate of drug-likeness (QED) is 0.375. The monoisotopic (exact) mass is 291 g/mol. The zero-order valence-electron chi connectivity index (χ0n) is 14.6. The predicted molar refractivity (Wildman–Crippen MR) is 92.1 cm³/mol. The van der Waals surface area contributed by atoms with Crippen molar-refractivity contribution >= 4 is 0 Å². The number of hydrogen-bond acceptors (Lipinski definition) is 1. The molecule has 0 aromatic heterocycles. The van der Waals surface area contributed by atoms with Crippen LogP contribution in [-0.2, 0) is 0 Å². The van der Waals surface area contributed by atoms with Gasteiger partial charge in [-0.1, -0.05) is 78.1 Å². The van der Waals surface area contributed by atoms with Crippen molar-refractivity contribution in [1.29, 1.82) is 5.26 Å². The lowest BCUT2D eigenvalue weighted by atomic mass is 9.68. The molecular weight excluding hydrogens is 254 g/mol. The fraction of sp³-hybridized carbons (Fsp3) is 0.950. The van der Waals surface area contributed by atoms with E-state index >= 15 is 0 Å². The molecule has 0 saturated heterocycles. The van der Waals surface area contributed by atoms with E-state index in [1.165, 1.54) is 89.9 Å². The van der Waals surface area contributed by atoms with Crippen molar-refractivity contribution in [3.63, 3.8) is 0 Å². The molecule has 122 valence electrons. The van der Waals surface area contributed by atoms with E-state index in [0.29, 0.717) is 0 Å². The summed E-state index contributed by atoms with van der Waals surface area (Å²) in [6.07, 6.45) is 19.8. The smallest absolute Gasteiger partial charge is 0.0689 e. The second-order valence-electron chi connectivity index (χ2n) is 7.35. The Morgan fingerprint density at radius 3 is 1.95 bits per heavy atom. The molecule has 1 rings (SSSR count). The third-order valence-electron chi connectivity index (χ3n) is 5.51. The number of nitrogens with zero attached hydrogens (tertiary/aromatic N) is 1. The van der Waals surface area contributed by atoms with Gasteiger partial charge in [-0.2, -0.15) is 5.26 Å². The largest absolute Gasteiger partial charge is 0.198 e. The third-order valence-corrected chi connectivity index (χ3v) is 5.51. The van der Waals surface area contributed by atoms with Crippen molar-refractivity contribution in [2.45, 2.75) is 110 Å². The summed E-state index contributed by atoms with van der Waals surface area (Å²) in [5.74, 6) is 0.912. The maximum absolute atomic E-state index is 9.61. The Kier molecular flexibility index (Phi) is 9.81. The average Bonchev–Trinajstić information content (AvgIpc) is 2.52. The second-order valence-corrected chi connectivity index (χ2v) is 7.35. The number of rotatable bonds is 11. The van der Waals surface area contributed by atoms with Crippen LogP contribution < -0.4 is 0 Å². The molecule has 0 N–H and O–H groups in total. The Morgan fingerprint density at radius 1 is 0.857 bits per heavy atom. The standard InChI is InChI=1S/C20H37N/c1-3-5-6-7-8-9-10-11-15-20(18-21)16-13-19(12-4-2)14-17-20/h19H,3-17H2,1-2H3. The molecule has 0 atom stereocenters. The van der Waals surface area contributed by atoms with Crippen LogP contribution >= 0.6 is 0 Å². The summed E-state index contributed by atoms with van der Waals surface area (Å²) in [5.41, 5.74) is 0.0481. The van der Waals surface area contributed by atoms with Crippen LogP contribution in [0, 0.1) is 22.7 Å². The lowest BCUT2D eigenvalue weighted by Gasteiger charge is -2.35. The molecule has 1 fully saturated rings. The molecule has 0 spiro atoms. The molecule has 0 bridgehead atoms. The maximum Gasteiger partial charge on any atom is 0.0689 e. The lowest BCUT2D eigenvalue weighted by molar-refractivity contribution is 0.185. The zero-order chi connectivity index (χ0) is 15.4. The van der Waals surface area contributed by atoms with Crippen molar-refractivity contribution in [2.75, 3.05) is 0 Å². The number of unbranched alkanes of at least 4 members (excludes halogenated alkanes) is 7. The van der Waals surface area contributed by atoms with Crippen LogP contribution in [0.3, 0.4) is 0 Å². The highest BCUT2D eigenvalue weighted by Gasteiger charge is 2.34. The van der Waals surface area contributed by atoms with Gasteiger partial charge < -0.3 is 0 Å². The van der Waals surface area contributed by atoms with Crippen LogP contribution in [0.15, 0.2) is 0 Å². The second kappa shape index (κ2) is 11.1. The molecule has 0 amide bonds. The SMILES string of the molecule is CCCCCCCCCCC1(C#N)CCC(CCC)CC1. The minimum atomic E-state index is 0.0481. The van der Waals surface area contributed by atoms with Gasteiger partial charge in [-0.3, -0.25) is 0 Å². The maximum atomic E-state index is 9.61. The lowest BCUT2D eigenvalue weighted by Crippen LogP contribution is -2.26. The molecular formula is C20H37N. The summed E-state index contributed by atoms with van der Waals surface area (Å²) in [6.45, 7) is 4.56. The van der Waals surface area contributed by atoms with Crippen molar-refractivity contribution in [2.24, 2.45) is 11.3 Å². The van der Waals surface area contributed by atoms with Gasteiger partial charge in [-0.05, 0) is 38.0 Å².